The lowest BCUT2D eigenvalue weighted by Gasteiger charge is -2.08. The molecule has 3 rings (SSSR count). The van der Waals surface area contributed by atoms with Crippen molar-refractivity contribution in [2.75, 3.05) is 0 Å². The first-order chi connectivity index (χ1) is 15.9. The molecule has 0 aliphatic heterocycles. The second kappa shape index (κ2) is 12.3. The SMILES string of the molecule is O=C(N/N=C/c1cc(I)cc(I)c1O)/C(=C/C=C/c1ccccc1)NC(=O)c1ccccc1. The summed E-state index contributed by atoms with van der Waals surface area (Å²) in [5.41, 5.74) is 4.26. The molecule has 166 valence electrons. The molecule has 0 aliphatic carbocycles. The lowest BCUT2D eigenvalue weighted by atomic mass is 10.2. The summed E-state index contributed by atoms with van der Waals surface area (Å²) in [6, 6.07) is 21.7. The Labute approximate surface area is 218 Å². The number of hydrogen-bond acceptors (Lipinski definition) is 4. The molecule has 6 nitrogen and oxygen atoms in total. The van der Waals surface area contributed by atoms with Gasteiger partial charge in [-0.2, -0.15) is 5.10 Å². The number of halogens is 2. The van der Waals surface area contributed by atoms with Crippen LogP contribution in [0.25, 0.3) is 6.08 Å². The third kappa shape index (κ3) is 7.53. The van der Waals surface area contributed by atoms with E-state index in [2.05, 4.69) is 38.4 Å². The fourth-order valence-electron chi connectivity index (χ4n) is 2.68. The predicted octanol–water partition coefficient (Wildman–Crippen LogP) is 5.08. The van der Waals surface area contributed by atoms with Crippen LogP contribution in [0.15, 0.2) is 95.7 Å². The molecule has 33 heavy (non-hydrogen) atoms. The van der Waals surface area contributed by atoms with Crippen molar-refractivity contribution in [1.82, 2.24) is 10.7 Å². The van der Waals surface area contributed by atoms with Gasteiger partial charge in [0.15, 0.2) is 0 Å². The van der Waals surface area contributed by atoms with E-state index >= 15 is 0 Å². The van der Waals surface area contributed by atoms with E-state index in [4.69, 9.17) is 0 Å². The summed E-state index contributed by atoms with van der Waals surface area (Å²) in [4.78, 5) is 25.3. The van der Waals surface area contributed by atoms with E-state index < -0.39 is 11.8 Å². The van der Waals surface area contributed by atoms with E-state index in [-0.39, 0.29) is 11.4 Å². The number of nitrogens with zero attached hydrogens (tertiary/aromatic N) is 1. The molecule has 3 aromatic carbocycles. The minimum Gasteiger partial charge on any atom is -0.506 e. The van der Waals surface area contributed by atoms with Crippen molar-refractivity contribution in [3.8, 4) is 5.75 Å². The average molecular weight is 663 g/mol. The highest BCUT2D eigenvalue weighted by Gasteiger charge is 2.13. The fraction of sp³-hybridized carbons (Fsp3) is 0. The summed E-state index contributed by atoms with van der Waals surface area (Å²) < 4.78 is 1.60. The molecular weight excluding hydrogens is 644 g/mol. The Kier molecular flexibility index (Phi) is 9.19. The van der Waals surface area contributed by atoms with Crippen LogP contribution in [0.3, 0.4) is 0 Å². The number of aromatic hydroxyl groups is 1. The maximum absolute atomic E-state index is 12.8. The Morgan fingerprint density at radius 3 is 2.30 bits per heavy atom. The van der Waals surface area contributed by atoms with Crippen LogP contribution in [-0.4, -0.2) is 23.1 Å². The van der Waals surface area contributed by atoms with Gasteiger partial charge in [0.25, 0.3) is 11.8 Å². The van der Waals surface area contributed by atoms with E-state index in [1.54, 1.807) is 42.5 Å². The number of benzene rings is 3. The number of carbonyl (C=O) groups is 2. The van der Waals surface area contributed by atoms with Gasteiger partial charge in [-0.3, -0.25) is 9.59 Å². The Balaban J connectivity index is 1.78. The highest BCUT2D eigenvalue weighted by Crippen LogP contribution is 2.25. The predicted molar refractivity (Wildman–Crippen MR) is 147 cm³/mol. The number of phenols is 1. The molecule has 0 radical (unpaired) electrons. The zero-order valence-electron chi connectivity index (χ0n) is 17.2. The van der Waals surface area contributed by atoms with E-state index in [0.29, 0.717) is 14.7 Å². The van der Waals surface area contributed by atoms with Gasteiger partial charge >= 0.3 is 0 Å². The van der Waals surface area contributed by atoms with Gasteiger partial charge in [-0.1, -0.05) is 60.7 Å². The lowest BCUT2D eigenvalue weighted by Crippen LogP contribution is -2.32. The number of allylic oxidation sites excluding steroid dienone is 2. The second-order valence-electron chi connectivity index (χ2n) is 6.69. The van der Waals surface area contributed by atoms with Crippen molar-refractivity contribution in [2.24, 2.45) is 5.10 Å². The minimum absolute atomic E-state index is 0.0228. The number of carbonyl (C=O) groups excluding carboxylic acids is 2. The molecule has 0 spiro atoms. The molecule has 3 aromatic rings. The topological polar surface area (TPSA) is 90.8 Å². The number of hydrogen-bond donors (Lipinski definition) is 3. The second-order valence-corrected chi connectivity index (χ2v) is 9.10. The van der Waals surface area contributed by atoms with Gasteiger partial charge < -0.3 is 10.4 Å². The number of nitrogens with one attached hydrogen (secondary N) is 2. The molecule has 0 saturated carbocycles. The molecular formula is C25H19I2N3O3. The van der Waals surface area contributed by atoms with Crippen LogP contribution in [0.4, 0.5) is 0 Å². The molecule has 0 aromatic heterocycles. The summed E-state index contributed by atoms with van der Waals surface area (Å²) in [7, 11) is 0. The van der Waals surface area contributed by atoms with Crippen molar-refractivity contribution in [3.63, 3.8) is 0 Å². The smallest absolute Gasteiger partial charge is 0.287 e. The molecule has 2 amide bonds. The van der Waals surface area contributed by atoms with Crippen molar-refractivity contribution in [3.05, 3.63) is 114 Å². The summed E-state index contributed by atoms with van der Waals surface area (Å²) in [6.07, 6.45) is 6.35. The molecule has 0 atom stereocenters. The van der Waals surface area contributed by atoms with Crippen LogP contribution in [0, 0.1) is 7.14 Å². The third-order valence-corrected chi connectivity index (χ3v) is 5.75. The number of amides is 2. The molecule has 0 heterocycles. The van der Waals surface area contributed by atoms with Crippen LogP contribution in [0.5, 0.6) is 5.75 Å². The zero-order valence-corrected chi connectivity index (χ0v) is 21.5. The number of phenolic OH excluding ortho intramolecular Hbond substituents is 1. The first-order valence-electron chi connectivity index (χ1n) is 9.75. The standard InChI is InChI=1S/C25H19I2N3O3/c26-20-14-19(23(31)21(27)15-20)16-28-30-25(33)22(13-7-10-17-8-3-1-4-9-17)29-24(32)18-11-5-2-6-12-18/h1-16,31H,(H,29,32)(H,30,33)/b10-7+,22-13-,28-16+. The summed E-state index contributed by atoms with van der Waals surface area (Å²) in [5.74, 6) is -0.945. The van der Waals surface area contributed by atoms with Crippen molar-refractivity contribution >= 4 is 69.3 Å². The van der Waals surface area contributed by atoms with Crippen molar-refractivity contribution in [1.29, 1.82) is 0 Å². The quantitative estimate of drug-likeness (QED) is 0.108. The molecule has 0 aliphatic rings. The van der Waals surface area contributed by atoms with Gasteiger partial charge in [0.1, 0.15) is 11.4 Å². The number of hydrazone groups is 1. The van der Waals surface area contributed by atoms with Crippen LogP contribution in [-0.2, 0) is 4.79 Å². The maximum Gasteiger partial charge on any atom is 0.287 e. The van der Waals surface area contributed by atoms with E-state index in [1.165, 1.54) is 12.3 Å². The number of rotatable bonds is 7. The van der Waals surface area contributed by atoms with Gasteiger partial charge in [-0.25, -0.2) is 5.43 Å². The minimum atomic E-state index is -0.604. The summed E-state index contributed by atoms with van der Waals surface area (Å²) in [6.45, 7) is 0. The fourth-order valence-corrected chi connectivity index (χ4v) is 4.57. The summed E-state index contributed by atoms with van der Waals surface area (Å²) in [5, 5.41) is 16.7. The van der Waals surface area contributed by atoms with Crippen molar-refractivity contribution in [2.45, 2.75) is 0 Å². The third-order valence-electron chi connectivity index (χ3n) is 4.31. The lowest BCUT2D eigenvalue weighted by molar-refractivity contribution is -0.117. The van der Waals surface area contributed by atoms with Crippen LogP contribution >= 0.6 is 45.2 Å². The molecule has 8 heteroatoms. The largest absolute Gasteiger partial charge is 0.506 e. The monoisotopic (exact) mass is 663 g/mol. The molecule has 0 saturated heterocycles. The van der Waals surface area contributed by atoms with Gasteiger partial charge in [0.2, 0.25) is 0 Å². The summed E-state index contributed by atoms with van der Waals surface area (Å²) >= 11 is 4.15. The van der Waals surface area contributed by atoms with Crippen LogP contribution in [0.1, 0.15) is 21.5 Å². The first kappa shape index (κ1) is 24.6. The molecule has 0 unspecified atom stereocenters. The highest BCUT2D eigenvalue weighted by molar-refractivity contribution is 14.1. The van der Waals surface area contributed by atoms with E-state index in [1.807, 2.05) is 65.1 Å². The average Bonchev–Trinajstić information content (AvgIpc) is 2.82. The normalized spacial score (nSPS) is 11.6. The molecule has 3 N–H and O–H groups in total. The van der Waals surface area contributed by atoms with Gasteiger partial charge in [0, 0.05) is 14.7 Å². The first-order valence-corrected chi connectivity index (χ1v) is 11.9. The van der Waals surface area contributed by atoms with E-state index in [9.17, 15) is 14.7 Å². The Hall–Kier alpha value is -2.99. The Bertz CT molecular complexity index is 1220. The maximum atomic E-state index is 12.8. The van der Waals surface area contributed by atoms with Gasteiger partial charge in [-0.05, 0) is 81.1 Å². The molecule has 0 fully saturated rings. The Morgan fingerprint density at radius 2 is 1.61 bits per heavy atom. The molecule has 0 bridgehead atoms. The van der Waals surface area contributed by atoms with Crippen molar-refractivity contribution < 1.29 is 14.7 Å². The van der Waals surface area contributed by atoms with Crippen LogP contribution in [0.2, 0.25) is 0 Å². The van der Waals surface area contributed by atoms with Gasteiger partial charge in [0.05, 0.1) is 9.78 Å². The zero-order chi connectivity index (χ0) is 23.6. The van der Waals surface area contributed by atoms with E-state index in [0.717, 1.165) is 9.13 Å². The van der Waals surface area contributed by atoms with Gasteiger partial charge in [-0.15, -0.1) is 0 Å². The highest BCUT2D eigenvalue weighted by atomic mass is 127. The van der Waals surface area contributed by atoms with Crippen LogP contribution < -0.4 is 10.7 Å². The Morgan fingerprint density at radius 1 is 0.939 bits per heavy atom.